The number of aromatic amines is 1. The Hall–Kier alpha value is -2.97. The number of nitrogens with zero attached hydrogens (tertiary/aromatic N) is 3. The number of H-pyrrole nitrogens is 1. The molecule has 4 aromatic rings. The summed E-state index contributed by atoms with van der Waals surface area (Å²) in [6, 6.07) is 11.3. The van der Waals surface area contributed by atoms with Crippen LogP contribution < -0.4 is 4.72 Å². The van der Waals surface area contributed by atoms with Crippen LogP contribution in [-0.4, -0.2) is 28.4 Å². The molecule has 9 heteroatoms. The number of imidazole rings is 1. The number of para-hydroxylation sites is 1. The lowest BCUT2D eigenvalue weighted by Crippen LogP contribution is -2.13. The van der Waals surface area contributed by atoms with E-state index in [-0.39, 0.29) is 4.90 Å². The number of aromatic nitrogens is 4. The summed E-state index contributed by atoms with van der Waals surface area (Å²) in [5.74, 6) is 0.515. The van der Waals surface area contributed by atoms with Crippen molar-refractivity contribution in [3.63, 3.8) is 0 Å². The van der Waals surface area contributed by atoms with E-state index in [2.05, 4.69) is 24.7 Å². The third-order valence-corrected chi connectivity index (χ3v) is 5.38. The van der Waals surface area contributed by atoms with Gasteiger partial charge in [-0.25, -0.2) is 18.4 Å². The van der Waals surface area contributed by atoms with Crippen molar-refractivity contribution in [2.24, 2.45) is 0 Å². The molecule has 0 radical (unpaired) electrons. The summed E-state index contributed by atoms with van der Waals surface area (Å²) in [6.07, 6.45) is 4.71. The number of hydrogen-bond donors (Lipinski definition) is 2. The van der Waals surface area contributed by atoms with E-state index in [4.69, 9.17) is 11.6 Å². The summed E-state index contributed by atoms with van der Waals surface area (Å²) in [5.41, 5.74) is 2.09. The highest BCUT2D eigenvalue weighted by atomic mass is 35.5. The van der Waals surface area contributed by atoms with Crippen LogP contribution in [0, 0.1) is 0 Å². The van der Waals surface area contributed by atoms with E-state index >= 15 is 0 Å². The summed E-state index contributed by atoms with van der Waals surface area (Å²) >= 11 is 6.03. The van der Waals surface area contributed by atoms with Gasteiger partial charge in [-0.15, -0.1) is 0 Å². The first-order valence-electron chi connectivity index (χ1n) is 7.56. The van der Waals surface area contributed by atoms with Crippen LogP contribution in [0.5, 0.6) is 0 Å². The summed E-state index contributed by atoms with van der Waals surface area (Å²) < 4.78 is 27.8. The van der Waals surface area contributed by atoms with Gasteiger partial charge in [0.2, 0.25) is 0 Å². The lowest BCUT2D eigenvalue weighted by Gasteiger charge is -2.09. The van der Waals surface area contributed by atoms with Gasteiger partial charge < -0.3 is 4.98 Å². The molecule has 2 N–H and O–H groups in total. The van der Waals surface area contributed by atoms with Crippen LogP contribution in [-0.2, 0) is 10.0 Å². The first kappa shape index (κ1) is 16.5. The van der Waals surface area contributed by atoms with Gasteiger partial charge in [0.1, 0.15) is 5.69 Å². The van der Waals surface area contributed by atoms with E-state index in [9.17, 15) is 8.42 Å². The van der Waals surface area contributed by atoms with E-state index in [0.29, 0.717) is 33.3 Å². The average molecular weight is 386 g/mol. The molecule has 0 saturated heterocycles. The Morgan fingerprint density at radius 2 is 1.92 bits per heavy atom. The van der Waals surface area contributed by atoms with Gasteiger partial charge in [-0.05, 0) is 30.3 Å². The molecule has 0 bridgehead atoms. The number of rotatable bonds is 4. The van der Waals surface area contributed by atoms with Crippen LogP contribution >= 0.6 is 11.6 Å². The van der Waals surface area contributed by atoms with Gasteiger partial charge in [0, 0.05) is 12.4 Å². The van der Waals surface area contributed by atoms with Crippen molar-refractivity contribution in [2.75, 3.05) is 4.72 Å². The zero-order valence-electron chi connectivity index (χ0n) is 13.2. The molecule has 130 valence electrons. The van der Waals surface area contributed by atoms with E-state index in [0.717, 1.165) is 0 Å². The molecule has 0 spiro atoms. The number of sulfonamides is 1. The first-order valence-corrected chi connectivity index (χ1v) is 9.42. The number of nitrogens with one attached hydrogen (secondary N) is 2. The van der Waals surface area contributed by atoms with Gasteiger partial charge in [0.25, 0.3) is 10.0 Å². The number of fused-ring (bicyclic) bond motifs is 1. The highest BCUT2D eigenvalue weighted by Crippen LogP contribution is 2.26. The molecule has 26 heavy (non-hydrogen) atoms. The number of benzene rings is 2. The second-order valence-corrected chi connectivity index (χ2v) is 7.53. The maximum absolute atomic E-state index is 12.6. The Balaban J connectivity index is 1.72. The fourth-order valence-corrected chi connectivity index (χ4v) is 3.79. The second-order valence-electron chi connectivity index (χ2n) is 5.44. The minimum Gasteiger partial charge on any atom is -0.337 e. The molecular weight excluding hydrogens is 374 g/mol. The molecule has 4 rings (SSSR count). The SMILES string of the molecule is O=S(=O)(Nc1ccccc1Cl)c1ccc2nc(-c3cnccn3)[nH]c2c1. The van der Waals surface area contributed by atoms with Crippen molar-refractivity contribution in [2.45, 2.75) is 4.90 Å². The van der Waals surface area contributed by atoms with Crippen molar-refractivity contribution < 1.29 is 8.42 Å². The van der Waals surface area contributed by atoms with Crippen LogP contribution in [0.15, 0.2) is 66.0 Å². The van der Waals surface area contributed by atoms with E-state index in [1.165, 1.54) is 12.1 Å². The fraction of sp³-hybridized carbons (Fsp3) is 0. The Labute approximate surface area is 154 Å². The van der Waals surface area contributed by atoms with Crippen molar-refractivity contribution >= 4 is 38.3 Å². The molecule has 0 aliphatic rings. The van der Waals surface area contributed by atoms with Crippen molar-refractivity contribution in [1.29, 1.82) is 0 Å². The highest BCUT2D eigenvalue weighted by molar-refractivity contribution is 7.92. The molecule has 0 aliphatic carbocycles. The molecule has 0 fully saturated rings. The molecule has 0 atom stereocenters. The van der Waals surface area contributed by atoms with Gasteiger partial charge in [-0.3, -0.25) is 9.71 Å². The zero-order valence-corrected chi connectivity index (χ0v) is 14.8. The molecule has 2 aromatic carbocycles. The van der Waals surface area contributed by atoms with Crippen LogP contribution in [0.25, 0.3) is 22.6 Å². The Kier molecular flexibility index (Phi) is 4.06. The predicted octanol–water partition coefficient (Wildman–Crippen LogP) is 3.47. The smallest absolute Gasteiger partial charge is 0.262 e. The van der Waals surface area contributed by atoms with Crippen LogP contribution in [0.2, 0.25) is 5.02 Å². The van der Waals surface area contributed by atoms with E-state index in [1.807, 2.05) is 0 Å². The average Bonchev–Trinajstić information content (AvgIpc) is 3.07. The third kappa shape index (κ3) is 3.12. The minimum absolute atomic E-state index is 0.0965. The standard InChI is InChI=1S/C17H12ClN5O2S/c18-12-3-1-2-4-13(12)23-26(24,25)11-5-6-14-15(9-11)22-17(21-14)16-10-19-7-8-20-16/h1-10,23H,(H,21,22). The molecule has 0 amide bonds. The Morgan fingerprint density at radius 1 is 1.08 bits per heavy atom. The summed E-state index contributed by atoms with van der Waals surface area (Å²) in [6.45, 7) is 0. The quantitative estimate of drug-likeness (QED) is 0.560. The molecular formula is C17H12ClN5O2S. The topological polar surface area (TPSA) is 101 Å². The lowest BCUT2D eigenvalue weighted by atomic mass is 10.3. The molecule has 0 saturated carbocycles. The van der Waals surface area contributed by atoms with Gasteiger partial charge in [0.05, 0.1) is 32.8 Å². The predicted molar refractivity (Wildman–Crippen MR) is 99.4 cm³/mol. The third-order valence-electron chi connectivity index (χ3n) is 3.69. The normalized spacial score (nSPS) is 11.6. The monoisotopic (exact) mass is 385 g/mol. The summed E-state index contributed by atoms with van der Waals surface area (Å²) in [4.78, 5) is 15.8. The van der Waals surface area contributed by atoms with Gasteiger partial charge in [0.15, 0.2) is 5.82 Å². The van der Waals surface area contributed by atoms with Crippen molar-refractivity contribution in [3.8, 4) is 11.5 Å². The fourth-order valence-electron chi connectivity index (χ4n) is 2.45. The maximum atomic E-state index is 12.6. The zero-order chi connectivity index (χ0) is 18.1. The van der Waals surface area contributed by atoms with Gasteiger partial charge in [-0.1, -0.05) is 23.7 Å². The number of halogens is 1. The van der Waals surface area contributed by atoms with E-state index < -0.39 is 10.0 Å². The number of hydrogen-bond acceptors (Lipinski definition) is 5. The van der Waals surface area contributed by atoms with Crippen LogP contribution in [0.3, 0.4) is 0 Å². The van der Waals surface area contributed by atoms with Crippen LogP contribution in [0.1, 0.15) is 0 Å². The highest BCUT2D eigenvalue weighted by Gasteiger charge is 2.17. The molecule has 0 aliphatic heterocycles. The van der Waals surface area contributed by atoms with Gasteiger partial charge >= 0.3 is 0 Å². The maximum Gasteiger partial charge on any atom is 0.262 e. The molecule has 2 aromatic heterocycles. The van der Waals surface area contributed by atoms with Gasteiger partial charge in [-0.2, -0.15) is 0 Å². The molecule has 2 heterocycles. The Morgan fingerprint density at radius 3 is 2.69 bits per heavy atom. The lowest BCUT2D eigenvalue weighted by molar-refractivity contribution is 0.601. The number of anilines is 1. The Bertz CT molecular complexity index is 1190. The summed E-state index contributed by atoms with van der Waals surface area (Å²) in [7, 11) is -3.79. The first-order chi connectivity index (χ1) is 12.5. The van der Waals surface area contributed by atoms with Crippen molar-refractivity contribution in [3.05, 3.63) is 66.1 Å². The van der Waals surface area contributed by atoms with E-state index in [1.54, 1.807) is 48.9 Å². The largest absolute Gasteiger partial charge is 0.337 e. The molecule has 7 nitrogen and oxygen atoms in total. The van der Waals surface area contributed by atoms with Crippen LogP contribution in [0.4, 0.5) is 5.69 Å². The summed E-state index contributed by atoms with van der Waals surface area (Å²) in [5, 5.41) is 0.323. The minimum atomic E-state index is -3.79. The second kappa shape index (κ2) is 6.40. The molecule has 0 unspecified atom stereocenters. The van der Waals surface area contributed by atoms with Crippen molar-refractivity contribution in [1.82, 2.24) is 19.9 Å².